The van der Waals surface area contributed by atoms with Gasteiger partial charge in [0, 0.05) is 38.3 Å². The maximum atomic E-state index is 14.4. The number of rotatable bonds is 6. The van der Waals surface area contributed by atoms with Crippen LogP contribution in [0.15, 0.2) is 47.5 Å². The first-order chi connectivity index (χ1) is 18.7. The van der Waals surface area contributed by atoms with E-state index in [0.717, 1.165) is 23.4 Å². The highest BCUT2D eigenvalue weighted by Gasteiger charge is 2.35. The summed E-state index contributed by atoms with van der Waals surface area (Å²) in [5.74, 6) is -3.36. The number of pyridine rings is 1. The van der Waals surface area contributed by atoms with Crippen molar-refractivity contribution in [1.29, 1.82) is 0 Å². The summed E-state index contributed by atoms with van der Waals surface area (Å²) in [6.07, 6.45) is 4.23. The molecule has 0 spiro atoms. The van der Waals surface area contributed by atoms with Gasteiger partial charge in [0.15, 0.2) is 11.4 Å². The fraction of sp³-hybridized carbons (Fsp3) is 0.321. The van der Waals surface area contributed by atoms with Crippen molar-refractivity contribution in [2.45, 2.75) is 39.0 Å². The Balaban J connectivity index is 1.63. The van der Waals surface area contributed by atoms with Crippen LogP contribution < -0.4 is 5.56 Å². The van der Waals surface area contributed by atoms with Crippen LogP contribution in [0, 0.1) is 11.6 Å². The Morgan fingerprint density at radius 3 is 2.49 bits per heavy atom. The van der Waals surface area contributed by atoms with Crippen LogP contribution in [-0.2, 0) is 19.9 Å². The van der Waals surface area contributed by atoms with E-state index in [1.54, 1.807) is 24.0 Å². The minimum atomic E-state index is -0.788. The number of hydrogen-bond donors (Lipinski definition) is 1. The van der Waals surface area contributed by atoms with Gasteiger partial charge in [0.2, 0.25) is 5.88 Å². The molecule has 3 aromatic heterocycles. The summed E-state index contributed by atoms with van der Waals surface area (Å²) in [5.41, 5.74) is 1.57. The molecule has 1 atom stereocenters. The zero-order chi connectivity index (χ0) is 27.8. The molecule has 1 N–H and O–H groups in total. The topological polar surface area (TPSA) is 106 Å². The lowest BCUT2D eigenvalue weighted by Crippen LogP contribution is -2.36. The van der Waals surface area contributed by atoms with Gasteiger partial charge in [0.1, 0.15) is 17.3 Å². The Hall–Kier alpha value is -4.41. The Morgan fingerprint density at radius 2 is 1.87 bits per heavy atom. The van der Waals surface area contributed by atoms with Gasteiger partial charge in [0.05, 0.1) is 17.6 Å². The molecule has 1 unspecified atom stereocenters. The summed E-state index contributed by atoms with van der Waals surface area (Å²) in [6, 6.07) is 8.17. The van der Waals surface area contributed by atoms with E-state index in [1.165, 1.54) is 9.47 Å². The third-order valence-corrected chi connectivity index (χ3v) is 7.11. The minimum Gasteiger partial charge on any atom is -0.493 e. The van der Waals surface area contributed by atoms with E-state index >= 15 is 0 Å². The van der Waals surface area contributed by atoms with Crippen molar-refractivity contribution in [3.63, 3.8) is 0 Å². The molecule has 1 fully saturated rings. The van der Waals surface area contributed by atoms with E-state index in [9.17, 15) is 23.5 Å². The van der Waals surface area contributed by atoms with Crippen LogP contribution in [-0.4, -0.2) is 53.3 Å². The second-order valence-electron chi connectivity index (χ2n) is 9.54. The van der Waals surface area contributed by atoms with E-state index in [-0.39, 0.29) is 24.6 Å². The number of aromatic nitrogens is 5. The number of carbonyl (C=O) groups is 1. The fourth-order valence-electron chi connectivity index (χ4n) is 5.16. The largest absolute Gasteiger partial charge is 0.493 e. The molecule has 0 bridgehead atoms. The van der Waals surface area contributed by atoms with Crippen LogP contribution in [0.5, 0.6) is 5.88 Å². The number of aryl methyl sites for hydroxylation is 3. The summed E-state index contributed by atoms with van der Waals surface area (Å²) in [4.78, 5) is 37.4. The molecule has 202 valence electrons. The van der Waals surface area contributed by atoms with E-state index in [1.807, 2.05) is 32.0 Å². The van der Waals surface area contributed by atoms with Crippen molar-refractivity contribution >= 4 is 5.91 Å². The van der Waals surface area contributed by atoms with Crippen LogP contribution in [0.2, 0.25) is 0 Å². The molecule has 1 aliphatic rings. The quantitative estimate of drug-likeness (QED) is 0.404. The van der Waals surface area contributed by atoms with Crippen molar-refractivity contribution in [2.75, 3.05) is 13.1 Å². The number of para-hydroxylation sites is 1. The van der Waals surface area contributed by atoms with Gasteiger partial charge < -0.3 is 10.0 Å². The van der Waals surface area contributed by atoms with Gasteiger partial charge in [-0.05, 0) is 36.5 Å². The van der Waals surface area contributed by atoms with Crippen molar-refractivity contribution in [3.05, 3.63) is 87.1 Å². The van der Waals surface area contributed by atoms with Crippen molar-refractivity contribution in [2.24, 2.45) is 7.05 Å². The molecule has 11 heteroatoms. The molecular formula is C28H28F2N6O3. The molecule has 1 amide bonds. The average molecular weight is 535 g/mol. The molecule has 0 aliphatic carbocycles. The van der Waals surface area contributed by atoms with E-state index in [4.69, 9.17) is 0 Å². The smallest absolute Gasteiger partial charge is 0.275 e. The third kappa shape index (κ3) is 4.68. The number of aromatic hydroxyl groups is 1. The number of hydrogen-bond acceptors (Lipinski definition) is 6. The molecule has 39 heavy (non-hydrogen) atoms. The number of carbonyl (C=O) groups excluding carboxylic acids is 1. The molecule has 5 rings (SSSR count). The standard InChI is InChI=1S/C28H28F2N6O3/c1-4-16-7-6-8-17(5-2)24(16)36-25(21-10-11-34(3)33-21)32-26(37)22(28(36)39)27(38)35-12-9-18(15-35)23-20(30)13-19(29)14-31-23/h6-8,10-11,13-14,18,37H,4-5,9,12,15H2,1-3H3. The molecule has 4 aromatic rings. The number of amides is 1. The highest BCUT2D eigenvalue weighted by atomic mass is 19.1. The zero-order valence-electron chi connectivity index (χ0n) is 21.9. The predicted molar refractivity (Wildman–Crippen MR) is 140 cm³/mol. The average Bonchev–Trinajstić information content (AvgIpc) is 3.57. The Labute approximate surface area is 223 Å². The van der Waals surface area contributed by atoms with Crippen LogP contribution >= 0.6 is 0 Å². The molecular weight excluding hydrogens is 506 g/mol. The first kappa shape index (κ1) is 26.2. The van der Waals surface area contributed by atoms with Gasteiger partial charge in [-0.25, -0.2) is 8.78 Å². The summed E-state index contributed by atoms with van der Waals surface area (Å²) < 4.78 is 30.6. The lowest BCUT2D eigenvalue weighted by Gasteiger charge is -2.21. The minimum absolute atomic E-state index is 0.0566. The van der Waals surface area contributed by atoms with Crippen LogP contribution in [0.4, 0.5) is 8.78 Å². The second-order valence-corrected chi connectivity index (χ2v) is 9.54. The molecule has 1 saturated heterocycles. The Kier molecular flexibility index (Phi) is 6.98. The third-order valence-electron chi connectivity index (χ3n) is 7.11. The lowest BCUT2D eigenvalue weighted by molar-refractivity contribution is 0.0784. The number of likely N-dealkylation sites (tertiary alicyclic amines) is 1. The SMILES string of the molecule is CCc1cccc(CC)c1-n1c(-c2ccn(C)n2)nc(O)c(C(=O)N2CCC(c3ncc(F)cc3F)C2)c1=O. The maximum absolute atomic E-state index is 14.4. The van der Waals surface area contributed by atoms with Gasteiger partial charge in [-0.2, -0.15) is 10.1 Å². The maximum Gasteiger partial charge on any atom is 0.275 e. The molecule has 4 heterocycles. The van der Waals surface area contributed by atoms with E-state index in [2.05, 4.69) is 15.1 Å². The normalized spacial score (nSPS) is 15.2. The highest BCUT2D eigenvalue weighted by Crippen LogP contribution is 2.31. The number of halogens is 2. The highest BCUT2D eigenvalue weighted by molar-refractivity contribution is 5.96. The summed E-state index contributed by atoms with van der Waals surface area (Å²) in [5, 5.41) is 15.3. The molecule has 0 radical (unpaired) electrons. The molecule has 0 saturated carbocycles. The van der Waals surface area contributed by atoms with Crippen LogP contribution in [0.3, 0.4) is 0 Å². The van der Waals surface area contributed by atoms with Crippen LogP contribution in [0.1, 0.15) is 53.4 Å². The molecule has 1 aromatic carbocycles. The molecule has 1 aliphatic heterocycles. The molecule has 9 nitrogen and oxygen atoms in total. The van der Waals surface area contributed by atoms with Gasteiger partial charge in [-0.3, -0.25) is 23.8 Å². The fourth-order valence-corrected chi connectivity index (χ4v) is 5.16. The van der Waals surface area contributed by atoms with Crippen molar-refractivity contribution in [1.82, 2.24) is 29.2 Å². The monoisotopic (exact) mass is 534 g/mol. The van der Waals surface area contributed by atoms with Crippen molar-refractivity contribution in [3.8, 4) is 23.1 Å². The van der Waals surface area contributed by atoms with E-state index < -0.39 is 40.5 Å². The number of benzene rings is 1. The summed E-state index contributed by atoms with van der Waals surface area (Å²) in [7, 11) is 1.73. The first-order valence-electron chi connectivity index (χ1n) is 12.8. The number of nitrogens with zero attached hydrogens (tertiary/aromatic N) is 6. The summed E-state index contributed by atoms with van der Waals surface area (Å²) >= 11 is 0. The second kappa shape index (κ2) is 10.4. The lowest BCUT2D eigenvalue weighted by atomic mass is 10.0. The van der Waals surface area contributed by atoms with Crippen molar-refractivity contribution < 1.29 is 18.7 Å². The van der Waals surface area contributed by atoms with E-state index in [0.29, 0.717) is 30.6 Å². The van der Waals surface area contributed by atoms with Gasteiger partial charge >= 0.3 is 0 Å². The zero-order valence-corrected chi connectivity index (χ0v) is 21.9. The Bertz CT molecular complexity index is 1610. The van der Waals surface area contributed by atoms with Gasteiger partial charge in [0.25, 0.3) is 11.5 Å². The van der Waals surface area contributed by atoms with Gasteiger partial charge in [-0.1, -0.05) is 32.0 Å². The Morgan fingerprint density at radius 1 is 1.15 bits per heavy atom. The van der Waals surface area contributed by atoms with Gasteiger partial charge in [-0.15, -0.1) is 0 Å². The first-order valence-corrected chi connectivity index (χ1v) is 12.8. The summed E-state index contributed by atoms with van der Waals surface area (Å²) in [6.45, 7) is 4.20. The van der Waals surface area contributed by atoms with Crippen LogP contribution in [0.25, 0.3) is 17.2 Å². The predicted octanol–water partition coefficient (Wildman–Crippen LogP) is 3.77.